The number of piperazine rings is 1. The summed E-state index contributed by atoms with van der Waals surface area (Å²) in [5.41, 5.74) is 4.21. The van der Waals surface area contributed by atoms with Crippen molar-refractivity contribution in [2.75, 3.05) is 44.3 Å². The lowest BCUT2D eigenvalue weighted by molar-refractivity contribution is -0.147. The average molecular weight is 498 g/mol. The lowest BCUT2D eigenvalue weighted by Gasteiger charge is -2.43. The Morgan fingerprint density at radius 1 is 0.944 bits per heavy atom. The lowest BCUT2D eigenvalue weighted by atomic mass is 9.83. The SMILES string of the molecule is CCCC(CCC)C(=O)N1CCN(C(=O)C2CN(C(C)C)CC3C(=O)N(c4ccccc4)NC23)CC1. The monoisotopic (exact) mass is 497 g/mol. The first-order valence-corrected chi connectivity index (χ1v) is 13.8. The Morgan fingerprint density at radius 3 is 2.14 bits per heavy atom. The second-order valence-corrected chi connectivity index (χ2v) is 10.8. The van der Waals surface area contributed by atoms with Gasteiger partial charge in [-0.25, -0.2) is 10.4 Å². The summed E-state index contributed by atoms with van der Waals surface area (Å²) in [6.07, 6.45) is 3.88. The number of anilines is 1. The number of hydrogen-bond donors (Lipinski definition) is 1. The van der Waals surface area contributed by atoms with Gasteiger partial charge in [0.05, 0.1) is 23.6 Å². The molecule has 0 spiro atoms. The minimum absolute atomic E-state index is 0.0302. The number of likely N-dealkylation sites (tertiary alicyclic amines) is 1. The van der Waals surface area contributed by atoms with E-state index in [1.807, 2.05) is 40.1 Å². The van der Waals surface area contributed by atoms with E-state index in [0.29, 0.717) is 39.3 Å². The predicted octanol–water partition coefficient (Wildman–Crippen LogP) is 2.75. The lowest BCUT2D eigenvalue weighted by Crippen LogP contribution is -2.61. The molecule has 3 fully saturated rings. The van der Waals surface area contributed by atoms with Gasteiger partial charge >= 0.3 is 0 Å². The van der Waals surface area contributed by atoms with Crippen molar-refractivity contribution in [3.8, 4) is 0 Å². The largest absolute Gasteiger partial charge is 0.339 e. The van der Waals surface area contributed by atoms with E-state index in [2.05, 4.69) is 38.0 Å². The molecule has 4 rings (SSSR count). The molecule has 8 nitrogen and oxygen atoms in total. The molecule has 3 atom stereocenters. The fourth-order valence-corrected chi connectivity index (χ4v) is 6.04. The fourth-order valence-electron chi connectivity index (χ4n) is 6.04. The number of hydrogen-bond acceptors (Lipinski definition) is 5. The standard InChI is InChI=1S/C28H43N5O3/c1-5-10-21(11-6-2)26(34)30-14-16-31(17-15-30)27(35)23-18-32(20(3)4)19-24-25(23)29-33(28(24)36)22-12-8-7-9-13-22/h7-9,12-13,20-21,23-25,29H,5-6,10-11,14-19H2,1-4H3. The molecule has 36 heavy (non-hydrogen) atoms. The quantitative estimate of drug-likeness (QED) is 0.598. The van der Waals surface area contributed by atoms with Crippen molar-refractivity contribution in [2.24, 2.45) is 17.8 Å². The number of benzene rings is 1. The van der Waals surface area contributed by atoms with Gasteiger partial charge in [-0.05, 0) is 38.8 Å². The van der Waals surface area contributed by atoms with Crippen LogP contribution in [0.15, 0.2) is 30.3 Å². The van der Waals surface area contributed by atoms with Crippen LogP contribution in [0.5, 0.6) is 0 Å². The molecule has 0 bridgehead atoms. The van der Waals surface area contributed by atoms with Gasteiger partial charge in [-0.2, -0.15) is 0 Å². The molecule has 1 aromatic carbocycles. The smallest absolute Gasteiger partial charge is 0.247 e. The van der Waals surface area contributed by atoms with Crippen LogP contribution in [0.1, 0.15) is 53.4 Å². The van der Waals surface area contributed by atoms with Crippen LogP contribution in [-0.4, -0.2) is 83.8 Å². The first-order chi connectivity index (χ1) is 17.3. The van der Waals surface area contributed by atoms with E-state index < -0.39 is 0 Å². The molecule has 3 saturated heterocycles. The third-order valence-corrected chi connectivity index (χ3v) is 8.13. The molecule has 0 saturated carbocycles. The molecule has 198 valence electrons. The normalized spacial score (nSPS) is 25.1. The van der Waals surface area contributed by atoms with Gasteiger partial charge in [0.2, 0.25) is 17.7 Å². The maximum absolute atomic E-state index is 13.9. The number of piperidine rings is 1. The van der Waals surface area contributed by atoms with E-state index in [-0.39, 0.29) is 47.6 Å². The molecular formula is C28H43N5O3. The van der Waals surface area contributed by atoms with E-state index in [4.69, 9.17) is 0 Å². The van der Waals surface area contributed by atoms with Gasteiger partial charge in [0.25, 0.3) is 0 Å². The summed E-state index contributed by atoms with van der Waals surface area (Å²) in [4.78, 5) is 46.5. The molecule has 0 radical (unpaired) electrons. The number of rotatable bonds is 8. The minimum Gasteiger partial charge on any atom is -0.339 e. The molecule has 3 amide bonds. The number of hydrazine groups is 1. The Balaban J connectivity index is 1.45. The number of carbonyl (C=O) groups excluding carboxylic acids is 3. The molecule has 0 aromatic heterocycles. The van der Waals surface area contributed by atoms with Crippen molar-refractivity contribution in [3.05, 3.63) is 30.3 Å². The van der Waals surface area contributed by atoms with Crippen LogP contribution in [0.3, 0.4) is 0 Å². The number of nitrogens with one attached hydrogen (secondary N) is 1. The zero-order valence-electron chi connectivity index (χ0n) is 22.4. The van der Waals surface area contributed by atoms with Gasteiger partial charge < -0.3 is 9.80 Å². The summed E-state index contributed by atoms with van der Waals surface area (Å²) in [6, 6.07) is 9.63. The molecule has 3 heterocycles. The summed E-state index contributed by atoms with van der Waals surface area (Å²) in [5.74, 6) is -0.102. The summed E-state index contributed by atoms with van der Waals surface area (Å²) in [5, 5.41) is 1.64. The number of fused-ring (bicyclic) bond motifs is 1. The number of carbonyl (C=O) groups is 3. The van der Waals surface area contributed by atoms with Crippen LogP contribution in [0.4, 0.5) is 5.69 Å². The molecule has 3 unspecified atom stereocenters. The maximum Gasteiger partial charge on any atom is 0.247 e. The van der Waals surface area contributed by atoms with Crippen LogP contribution in [0, 0.1) is 17.8 Å². The van der Waals surface area contributed by atoms with E-state index in [9.17, 15) is 14.4 Å². The number of amides is 3. The molecule has 1 aromatic rings. The highest BCUT2D eigenvalue weighted by Crippen LogP contribution is 2.33. The number of para-hydroxylation sites is 1. The summed E-state index contributed by atoms with van der Waals surface area (Å²) >= 11 is 0. The third kappa shape index (κ3) is 5.44. The Morgan fingerprint density at radius 2 is 1.56 bits per heavy atom. The Labute approximate surface area is 215 Å². The van der Waals surface area contributed by atoms with Crippen LogP contribution < -0.4 is 10.4 Å². The second kappa shape index (κ2) is 11.7. The van der Waals surface area contributed by atoms with E-state index in [1.165, 1.54) is 0 Å². The Kier molecular flexibility index (Phi) is 8.67. The van der Waals surface area contributed by atoms with Gasteiger partial charge in [0.15, 0.2) is 0 Å². The van der Waals surface area contributed by atoms with Gasteiger partial charge in [-0.15, -0.1) is 0 Å². The molecule has 0 aliphatic carbocycles. The van der Waals surface area contributed by atoms with Crippen LogP contribution in [0.2, 0.25) is 0 Å². The fraction of sp³-hybridized carbons (Fsp3) is 0.679. The molecule has 3 aliphatic heterocycles. The van der Waals surface area contributed by atoms with Crippen molar-refractivity contribution in [3.63, 3.8) is 0 Å². The van der Waals surface area contributed by atoms with Gasteiger partial charge in [-0.3, -0.25) is 19.3 Å². The second-order valence-electron chi connectivity index (χ2n) is 10.8. The summed E-state index contributed by atoms with van der Waals surface area (Å²) in [7, 11) is 0. The van der Waals surface area contributed by atoms with E-state index in [0.717, 1.165) is 31.4 Å². The highest BCUT2D eigenvalue weighted by Gasteiger charge is 2.52. The molecule has 8 heteroatoms. The summed E-state index contributed by atoms with van der Waals surface area (Å²) < 4.78 is 0. The molecular weight excluding hydrogens is 454 g/mol. The zero-order chi connectivity index (χ0) is 25.8. The minimum atomic E-state index is -0.306. The summed E-state index contributed by atoms with van der Waals surface area (Å²) in [6.45, 7) is 12.1. The van der Waals surface area contributed by atoms with Gasteiger partial charge in [0, 0.05) is 51.2 Å². The first-order valence-electron chi connectivity index (χ1n) is 13.8. The van der Waals surface area contributed by atoms with Crippen LogP contribution >= 0.6 is 0 Å². The van der Waals surface area contributed by atoms with Crippen molar-refractivity contribution in [1.29, 1.82) is 0 Å². The van der Waals surface area contributed by atoms with E-state index in [1.54, 1.807) is 5.01 Å². The third-order valence-electron chi connectivity index (χ3n) is 8.13. The number of nitrogens with zero attached hydrogens (tertiary/aromatic N) is 4. The van der Waals surface area contributed by atoms with Crippen molar-refractivity contribution in [2.45, 2.75) is 65.5 Å². The first kappa shape index (κ1) is 26.6. The average Bonchev–Trinajstić information content (AvgIpc) is 3.24. The maximum atomic E-state index is 13.9. The highest BCUT2D eigenvalue weighted by molar-refractivity contribution is 5.98. The molecule has 3 aliphatic rings. The molecule has 1 N–H and O–H groups in total. The predicted molar refractivity (Wildman–Crippen MR) is 141 cm³/mol. The Bertz CT molecular complexity index is 909. The highest BCUT2D eigenvalue weighted by atomic mass is 16.2. The van der Waals surface area contributed by atoms with Crippen molar-refractivity contribution < 1.29 is 14.4 Å². The zero-order valence-corrected chi connectivity index (χ0v) is 22.4. The van der Waals surface area contributed by atoms with Crippen molar-refractivity contribution >= 4 is 23.4 Å². The van der Waals surface area contributed by atoms with Crippen LogP contribution in [0.25, 0.3) is 0 Å². The Hall–Kier alpha value is -2.45. The van der Waals surface area contributed by atoms with Gasteiger partial charge in [0.1, 0.15) is 0 Å². The van der Waals surface area contributed by atoms with Crippen molar-refractivity contribution in [1.82, 2.24) is 20.1 Å². The van der Waals surface area contributed by atoms with Crippen LogP contribution in [-0.2, 0) is 14.4 Å². The van der Waals surface area contributed by atoms with Gasteiger partial charge in [-0.1, -0.05) is 44.9 Å². The van der Waals surface area contributed by atoms with E-state index >= 15 is 0 Å². The topological polar surface area (TPSA) is 76.2 Å².